The number of carbonyl (C=O) groups excluding carboxylic acids is 3. The highest BCUT2D eigenvalue weighted by molar-refractivity contribution is 6.01. The SMILES string of the molecule is CC(=O)c1c(C)[nH]c(C(=O)OCC(=O)N(C)C[C@@H]2COc3ccccc3O2)c1C. The molecule has 1 aromatic heterocycles. The second-order valence-electron chi connectivity index (χ2n) is 7.03. The minimum absolute atomic E-state index is 0.137. The van der Waals surface area contributed by atoms with Crippen molar-refractivity contribution in [2.75, 3.05) is 26.8 Å². The molecule has 0 aliphatic carbocycles. The highest BCUT2D eigenvalue weighted by Gasteiger charge is 2.25. The van der Waals surface area contributed by atoms with Crippen molar-refractivity contribution in [3.63, 3.8) is 0 Å². The molecule has 0 saturated heterocycles. The lowest BCUT2D eigenvalue weighted by Crippen LogP contribution is -2.43. The number of aromatic amines is 1. The molecule has 1 aromatic carbocycles. The zero-order valence-corrected chi connectivity index (χ0v) is 16.9. The summed E-state index contributed by atoms with van der Waals surface area (Å²) in [5.74, 6) is 0.130. The fourth-order valence-electron chi connectivity index (χ4n) is 3.35. The number of esters is 1. The van der Waals surface area contributed by atoms with Gasteiger partial charge in [-0.25, -0.2) is 4.79 Å². The van der Waals surface area contributed by atoms with Gasteiger partial charge in [0.1, 0.15) is 12.3 Å². The predicted octanol–water partition coefficient (Wildman–Crippen LogP) is 2.29. The van der Waals surface area contributed by atoms with Gasteiger partial charge in [0, 0.05) is 18.3 Å². The highest BCUT2D eigenvalue weighted by Crippen LogP contribution is 2.30. The van der Waals surface area contributed by atoms with Crippen LogP contribution < -0.4 is 9.47 Å². The Morgan fingerprint density at radius 2 is 1.90 bits per heavy atom. The van der Waals surface area contributed by atoms with Gasteiger partial charge in [0.05, 0.1) is 6.54 Å². The van der Waals surface area contributed by atoms with Crippen molar-refractivity contribution in [1.82, 2.24) is 9.88 Å². The van der Waals surface area contributed by atoms with Gasteiger partial charge >= 0.3 is 5.97 Å². The molecule has 0 unspecified atom stereocenters. The van der Waals surface area contributed by atoms with Crippen LogP contribution in [0.15, 0.2) is 24.3 Å². The topological polar surface area (TPSA) is 97.9 Å². The van der Waals surface area contributed by atoms with Crippen molar-refractivity contribution in [2.24, 2.45) is 0 Å². The molecule has 0 bridgehead atoms. The van der Waals surface area contributed by atoms with E-state index in [1.165, 1.54) is 11.8 Å². The van der Waals surface area contributed by atoms with Gasteiger partial charge in [0.2, 0.25) is 0 Å². The number of para-hydroxylation sites is 2. The van der Waals surface area contributed by atoms with Gasteiger partial charge in [-0.3, -0.25) is 9.59 Å². The van der Waals surface area contributed by atoms with Crippen molar-refractivity contribution in [1.29, 1.82) is 0 Å². The smallest absolute Gasteiger partial charge is 0.355 e. The Balaban J connectivity index is 1.54. The summed E-state index contributed by atoms with van der Waals surface area (Å²) in [5.41, 5.74) is 1.77. The third-order valence-corrected chi connectivity index (χ3v) is 4.79. The molecule has 0 saturated carbocycles. The van der Waals surface area contributed by atoms with Crippen molar-refractivity contribution < 1.29 is 28.6 Å². The first kappa shape index (κ1) is 20.4. The van der Waals surface area contributed by atoms with E-state index in [0.717, 1.165) is 0 Å². The Morgan fingerprint density at radius 1 is 1.21 bits per heavy atom. The molecule has 2 aromatic rings. The molecule has 8 heteroatoms. The standard InChI is InChI=1S/C21H24N2O6/c1-12-19(14(3)24)13(2)22-20(12)21(26)28-11-18(25)23(4)9-15-10-27-16-7-5-6-8-17(16)29-15/h5-8,15,22H,9-11H2,1-4H3/t15-/m1/s1. The molecule has 1 aliphatic rings. The maximum absolute atomic E-state index is 12.4. The molecule has 0 radical (unpaired) electrons. The van der Waals surface area contributed by atoms with Crippen LogP contribution in [0.25, 0.3) is 0 Å². The first-order valence-electron chi connectivity index (χ1n) is 9.27. The number of amides is 1. The van der Waals surface area contributed by atoms with Crippen LogP contribution in [-0.4, -0.2) is 60.5 Å². The van der Waals surface area contributed by atoms with Crippen LogP contribution in [0, 0.1) is 13.8 Å². The summed E-state index contributed by atoms with van der Waals surface area (Å²) < 4.78 is 16.6. The largest absolute Gasteiger partial charge is 0.486 e. The second kappa shape index (κ2) is 8.38. The van der Waals surface area contributed by atoms with Crippen LogP contribution in [0.5, 0.6) is 11.5 Å². The van der Waals surface area contributed by atoms with Crippen LogP contribution in [0.1, 0.15) is 39.0 Å². The zero-order chi connectivity index (χ0) is 21.1. The summed E-state index contributed by atoms with van der Waals surface area (Å²) in [6.07, 6.45) is -0.319. The summed E-state index contributed by atoms with van der Waals surface area (Å²) >= 11 is 0. The van der Waals surface area contributed by atoms with Gasteiger partial charge in [-0.1, -0.05) is 12.1 Å². The normalized spacial score (nSPS) is 15.0. The first-order chi connectivity index (χ1) is 13.8. The highest BCUT2D eigenvalue weighted by atomic mass is 16.6. The number of hydrogen-bond acceptors (Lipinski definition) is 6. The number of aromatic nitrogens is 1. The van der Waals surface area contributed by atoms with Crippen LogP contribution in [0.2, 0.25) is 0 Å². The summed E-state index contributed by atoms with van der Waals surface area (Å²) in [4.78, 5) is 40.7. The third-order valence-electron chi connectivity index (χ3n) is 4.79. The number of H-pyrrole nitrogens is 1. The van der Waals surface area contributed by atoms with E-state index in [4.69, 9.17) is 14.2 Å². The van der Waals surface area contributed by atoms with Crippen LogP contribution in [0.4, 0.5) is 0 Å². The van der Waals surface area contributed by atoms with E-state index in [2.05, 4.69) is 4.98 Å². The van der Waals surface area contributed by atoms with Crippen molar-refractivity contribution in [3.8, 4) is 11.5 Å². The molecule has 8 nitrogen and oxygen atoms in total. The number of rotatable bonds is 6. The van der Waals surface area contributed by atoms with Crippen LogP contribution in [0.3, 0.4) is 0 Å². The molecule has 0 fully saturated rings. The average molecular weight is 400 g/mol. The number of fused-ring (bicyclic) bond motifs is 1. The summed E-state index contributed by atoms with van der Waals surface area (Å²) in [6.45, 7) is 5.02. The fourth-order valence-corrected chi connectivity index (χ4v) is 3.35. The number of hydrogen-bond donors (Lipinski definition) is 1. The van der Waals surface area contributed by atoms with E-state index in [-0.39, 0.29) is 23.5 Å². The number of Topliss-reactive ketones (excluding diaryl/α,β-unsaturated/α-hetero) is 1. The van der Waals surface area contributed by atoms with E-state index in [1.54, 1.807) is 27.0 Å². The number of nitrogens with zero attached hydrogens (tertiary/aromatic N) is 1. The van der Waals surface area contributed by atoms with Gasteiger partial charge in [-0.2, -0.15) is 0 Å². The Hall–Kier alpha value is -3.29. The van der Waals surface area contributed by atoms with Crippen molar-refractivity contribution in [3.05, 3.63) is 46.8 Å². The van der Waals surface area contributed by atoms with Gasteiger partial charge in [-0.15, -0.1) is 0 Å². The van der Waals surface area contributed by atoms with Gasteiger partial charge in [0.25, 0.3) is 5.91 Å². The average Bonchev–Trinajstić information content (AvgIpc) is 3.00. The lowest BCUT2D eigenvalue weighted by Gasteiger charge is -2.29. The monoisotopic (exact) mass is 400 g/mol. The second-order valence-corrected chi connectivity index (χ2v) is 7.03. The molecular weight excluding hydrogens is 376 g/mol. The third kappa shape index (κ3) is 4.42. The number of carbonyl (C=O) groups is 3. The Kier molecular flexibility index (Phi) is 5.91. The molecular formula is C21H24N2O6. The van der Waals surface area contributed by atoms with Gasteiger partial charge < -0.3 is 24.1 Å². The number of ketones is 1. The summed E-state index contributed by atoms with van der Waals surface area (Å²) in [7, 11) is 1.61. The van der Waals surface area contributed by atoms with E-state index in [1.807, 2.05) is 18.2 Å². The molecule has 29 heavy (non-hydrogen) atoms. The molecule has 3 rings (SSSR count). The molecule has 1 aliphatic heterocycles. The van der Waals surface area contributed by atoms with E-state index < -0.39 is 12.6 Å². The van der Waals surface area contributed by atoms with Crippen LogP contribution >= 0.6 is 0 Å². The number of benzene rings is 1. The zero-order valence-electron chi connectivity index (χ0n) is 16.9. The minimum atomic E-state index is -0.675. The van der Waals surface area contributed by atoms with E-state index in [9.17, 15) is 14.4 Å². The van der Waals surface area contributed by atoms with Gasteiger partial charge in [0.15, 0.2) is 30.0 Å². The lowest BCUT2D eigenvalue weighted by atomic mass is 10.1. The van der Waals surface area contributed by atoms with Crippen molar-refractivity contribution in [2.45, 2.75) is 26.9 Å². The van der Waals surface area contributed by atoms with Crippen molar-refractivity contribution >= 4 is 17.7 Å². The molecule has 0 spiro atoms. The van der Waals surface area contributed by atoms with E-state index >= 15 is 0 Å². The quantitative estimate of drug-likeness (QED) is 0.590. The number of nitrogens with one attached hydrogen (secondary N) is 1. The minimum Gasteiger partial charge on any atom is -0.486 e. The molecule has 1 atom stereocenters. The number of aryl methyl sites for hydroxylation is 1. The molecule has 154 valence electrons. The molecule has 2 heterocycles. The number of ether oxygens (including phenoxy) is 3. The number of likely N-dealkylation sites (N-methyl/N-ethyl adjacent to an activating group) is 1. The molecule has 1 N–H and O–H groups in total. The van der Waals surface area contributed by atoms with Crippen LogP contribution in [-0.2, 0) is 9.53 Å². The maximum atomic E-state index is 12.4. The Labute approximate surface area is 168 Å². The van der Waals surface area contributed by atoms with E-state index in [0.29, 0.717) is 41.5 Å². The fraction of sp³-hybridized carbons (Fsp3) is 0.381. The van der Waals surface area contributed by atoms with Gasteiger partial charge in [-0.05, 0) is 38.5 Å². The first-order valence-corrected chi connectivity index (χ1v) is 9.27. The summed E-state index contributed by atoms with van der Waals surface area (Å²) in [5, 5.41) is 0. The predicted molar refractivity (Wildman–Crippen MR) is 105 cm³/mol. The Bertz CT molecular complexity index is 949. The summed E-state index contributed by atoms with van der Waals surface area (Å²) in [6, 6.07) is 7.34. The maximum Gasteiger partial charge on any atom is 0.355 e. The molecule has 1 amide bonds. The lowest BCUT2D eigenvalue weighted by molar-refractivity contribution is -0.134. The Morgan fingerprint density at radius 3 is 2.55 bits per heavy atom.